The first-order chi connectivity index (χ1) is 10.8. The molecule has 0 aliphatic rings. The van der Waals surface area contributed by atoms with E-state index in [1.165, 1.54) is 25.3 Å². The first-order valence-electron chi connectivity index (χ1n) is 6.42. The number of furan rings is 1. The lowest BCUT2D eigenvalue weighted by Gasteiger charge is -2.00. The van der Waals surface area contributed by atoms with E-state index >= 15 is 0 Å². The van der Waals surface area contributed by atoms with Gasteiger partial charge in [0.25, 0.3) is 5.91 Å². The van der Waals surface area contributed by atoms with Crippen LogP contribution in [0.1, 0.15) is 5.76 Å². The molecule has 2 rings (SSSR count). The van der Waals surface area contributed by atoms with Gasteiger partial charge in [-0.05, 0) is 36.4 Å². The lowest BCUT2D eigenvalue weighted by molar-refractivity contribution is -0.116. The number of amides is 1. The van der Waals surface area contributed by atoms with Gasteiger partial charge in [0.2, 0.25) is 10.0 Å². The van der Waals surface area contributed by atoms with Crippen LogP contribution in [0.25, 0.3) is 17.4 Å². The minimum Gasteiger partial charge on any atom is -0.457 e. The molecule has 0 saturated heterocycles. The molecule has 0 spiro atoms. The highest BCUT2D eigenvalue weighted by atomic mass is 32.2. The lowest BCUT2D eigenvalue weighted by atomic mass is 10.2. The largest absolute Gasteiger partial charge is 0.457 e. The summed E-state index contributed by atoms with van der Waals surface area (Å²) < 4.78 is 28.0. The molecule has 2 aromatic rings. The van der Waals surface area contributed by atoms with Crippen molar-refractivity contribution in [3.63, 3.8) is 0 Å². The van der Waals surface area contributed by atoms with Gasteiger partial charge in [-0.25, -0.2) is 13.6 Å². The first kappa shape index (κ1) is 16.5. The second-order valence-electron chi connectivity index (χ2n) is 4.52. The number of likely N-dealkylation sites (N-methyl/N-ethyl adjacent to an activating group) is 1. The highest BCUT2D eigenvalue weighted by Crippen LogP contribution is 2.24. The molecular weight excluding hydrogens is 318 g/mol. The molecule has 1 heterocycles. The molecule has 23 heavy (non-hydrogen) atoms. The molecule has 7 nitrogen and oxygen atoms in total. The molecule has 0 atom stereocenters. The number of hydrogen-bond donors (Lipinski definition) is 2. The fourth-order valence-electron chi connectivity index (χ4n) is 1.82. The lowest BCUT2D eigenvalue weighted by Crippen LogP contribution is -2.18. The highest BCUT2D eigenvalue weighted by Gasteiger charge is 2.11. The SMILES string of the molecule is CNC(=O)C(C#N)=Cc1ccc(-c2ccc(S(N)(=O)=O)cc2)o1. The second-order valence-corrected chi connectivity index (χ2v) is 6.08. The van der Waals surface area contributed by atoms with E-state index in [-0.39, 0.29) is 10.5 Å². The molecule has 1 amide bonds. The predicted molar refractivity (Wildman–Crippen MR) is 83.2 cm³/mol. The molecule has 0 aliphatic heterocycles. The Morgan fingerprint density at radius 1 is 1.26 bits per heavy atom. The van der Waals surface area contributed by atoms with E-state index in [1.807, 2.05) is 0 Å². The maximum Gasteiger partial charge on any atom is 0.261 e. The van der Waals surface area contributed by atoms with Crippen LogP contribution in [0.3, 0.4) is 0 Å². The van der Waals surface area contributed by atoms with E-state index in [9.17, 15) is 13.2 Å². The Kier molecular flexibility index (Phi) is 4.64. The third-order valence-electron chi connectivity index (χ3n) is 2.97. The zero-order valence-electron chi connectivity index (χ0n) is 12.1. The number of carbonyl (C=O) groups is 1. The van der Waals surface area contributed by atoms with Gasteiger partial charge in [0.05, 0.1) is 4.90 Å². The van der Waals surface area contributed by atoms with Crippen molar-refractivity contribution in [2.45, 2.75) is 4.90 Å². The number of nitrogens with zero attached hydrogens (tertiary/aromatic N) is 1. The number of nitriles is 1. The minimum absolute atomic E-state index is 0.000640. The van der Waals surface area contributed by atoms with E-state index in [0.717, 1.165) is 0 Å². The van der Waals surface area contributed by atoms with E-state index < -0.39 is 15.9 Å². The van der Waals surface area contributed by atoms with Crippen LogP contribution in [0.5, 0.6) is 0 Å². The minimum atomic E-state index is -3.75. The average molecular weight is 331 g/mol. The van der Waals surface area contributed by atoms with Gasteiger partial charge in [0.15, 0.2) is 0 Å². The molecule has 0 saturated carbocycles. The third kappa shape index (κ3) is 3.85. The smallest absolute Gasteiger partial charge is 0.261 e. The summed E-state index contributed by atoms with van der Waals surface area (Å²) in [6.07, 6.45) is 1.32. The average Bonchev–Trinajstić information content (AvgIpc) is 2.99. The van der Waals surface area contributed by atoms with Crippen LogP contribution < -0.4 is 10.5 Å². The second kappa shape index (κ2) is 6.48. The van der Waals surface area contributed by atoms with Crippen molar-refractivity contribution in [2.75, 3.05) is 7.05 Å². The summed E-state index contributed by atoms with van der Waals surface area (Å²) in [5, 5.41) is 16.3. The van der Waals surface area contributed by atoms with Crippen molar-refractivity contribution >= 4 is 22.0 Å². The van der Waals surface area contributed by atoms with Gasteiger partial charge in [-0.3, -0.25) is 4.79 Å². The monoisotopic (exact) mass is 331 g/mol. The van der Waals surface area contributed by atoms with Crippen LogP contribution >= 0.6 is 0 Å². The number of benzene rings is 1. The summed E-state index contributed by atoms with van der Waals surface area (Å²) in [5.41, 5.74) is 0.550. The summed E-state index contributed by atoms with van der Waals surface area (Å²) in [5.74, 6) is 0.282. The van der Waals surface area contributed by atoms with Gasteiger partial charge < -0.3 is 9.73 Å². The van der Waals surface area contributed by atoms with Crippen molar-refractivity contribution in [1.82, 2.24) is 5.32 Å². The molecule has 0 aliphatic carbocycles. The number of primary sulfonamides is 1. The fraction of sp³-hybridized carbons (Fsp3) is 0.0667. The van der Waals surface area contributed by atoms with E-state index in [4.69, 9.17) is 14.8 Å². The number of rotatable bonds is 4. The van der Waals surface area contributed by atoms with Crippen LogP contribution in [-0.4, -0.2) is 21.4 Å². The van der Waals surface area contributed by atoms with Gasteiger partial charge in [0.1, 0.15) is 23.2 Å². The van der Waals surface area contributed by atoms with Gasteiger partial charge in [-0.1, -0.05) is 0 Å². The van der Waals surface area contributed by atoms with Crippen molar-refractivity contribution in [3.8, 4) is 17.4 Å². The molecule has 8 heteroatoms. The molecule has 1 aromatic heterocycles. The first-order valence-corrected chi connectivity index (χ1v) is 7.96. The number of carbonyl (C=O) groups excluding carboxylic acids is 1. The maximum absolute atomic E-state index is 11.4. The standard InChI is InChI=1S/C15H13N3O4S/c1-18-15(19)11(9-16)8-12-4-7-14(22-12)10-2-5-13(6-3-10)23(17,20)21/h2-8H,1H3,(H,18,19)(H2,17,20,21). The maximum atomic E-state index is 11.4. The Bertz CT molecular complexity index is 903. The van der Waals surface area contributed by atoms with Gasteiger partial charge >= 0.3 is 0 Å². The Balaban J connectivity index is 2.31. The topological polar surface area (TPSA) is 126 Å². The van der Waals surface area contributed by atoms with Crippen LogP contribution in [0.4, 0.5) is 0 Å². The van der Waals surface area contributed by atoms with Crippen molar-refractivity contribution < 1.29 is 17.6 Å². The van der Waals surface area contributed by atoms with Crippen molar-refractivity contribution in [2.24, 2.45) is 5.14 Å². The van der Waals surface area contributed by atoms with Crippen LogP contribution in [0.2, 0.25) is 0 Å². The summed E-state index contributed by atoms with van der Waals surface area (Å²) in [6.45, 7) is 0. The van der Waals surface area contributed by atoms with E-state index in [1.54, 1.807) is 30.3 Å². The molecule has 118 valence electrons. The Hall–Kier alpha value is -2.89. The van der Waals surface area contributed by atoms with Crippen LogP contribution in [0.15, 0.2) is 51.3 Å². The van der Waals surface area contributed by atoms with Gasteiger partial charge in [-0.2, -0.15) is 5.26 Å². The molecular formula is C15H13N3O4S. The molecule has 1 aromatic carbocycles. The van der Waals surface area contributed by atoms with Gasteiger partial charge in [-0.15, -0.1) is 0 Å². The highest BCUT2D eigenvalue weighted by molar-refractivity contribution is 7.89. The molecule has 0 bridgehead atoms. The number of sulfonamides is 1. The number of nitrogens with one attached hydrogen (secondary N) is 1. The zero-order chi connectivity index (χ0) is 17.0. The van der Waals surface area contributed by atoms with Crippen molar-refractivity contribution in [3.05, 3.63) is 47.7 Å². The van der Waals surface area contributed by atoms with E-state index in [0.29, 0.717) is 17.1 Å². The third-order valence-corrected chi connectivity index (χ3v) is 3.90. The zero-order valence-corrected chi connectivity index (χ0v) is 12.9. The molecule has 0 radical (unpaired) electrons. The van der Waals surface area contributed by atoms with Crippen LogP contribution in [0, 0.1) is 11.3 Å². The van der Waals surface area contributed by atoms with Crippen LogP contribution in [-0.2, 0) is 14.8 Å². The fourth-order valence-corrected chi connectivity index (χ4v) is 2.34. The quantitative estimate of drug-likeness (QED) is 0.644. The summed E-state index contributed by atoms with van der Waals surface area (Å²) in [6, 6.07) is 10.9. The molecule has 0 unspecified atom stereocenters. The normalized spacial score (nSPS) is 11.8. The number of nitrogens with two attached hydrogens (primary N) is 1. The van der Waals surface area contributed by atoms with E-state index in [2.05, 4.69) is 5.32 Å². The summed E-state index contributed by atoms with van der Waals surface area (Å²) in [7, 11) is -2.32. The predicted octanol–water partition coefficient (Wildman–Crippen LogP) is 1.25. The summed E-state index contributed by atoms with van der Waals surface area (Å²) >= 11 is 0. The molecule has 3 N–H and O–H groups in total. The Labute approximate surface area is 133 Å². The Morgan fingerprint density at radius 3 is 2.43 bits per heavy atom. The van der Waals surface area contributed by atoms with Gasteiger partial charge in [0, 0.05) is 18.7 Å². The number of hydrogen-bond acceptors (Lipinski definition) is 5. The Morgan fingerprint density at radius 2 is 1.91 bits per heavy atom. The molecule has 0 fully saturated rings. The van der Waals surface area contributed by atoms with Crippen molar-refractivity contribution in [1.29, 1.82) is 5.26 Å². The summed E-state index contributed by atoms with van der Waals surface area (Å²) in [4.78, 5) is 11.4.